The Kier molecular flexibility index (Phi) is 6.73. The van der Waals surface area contributed by atoms with Gasteiger partial charge < -0.3 is 14.8 Å². The Morgan fingerprint density at radius 3 is 2.64 bits per heavy atom. The van der Waals surface area contributed by atoms with E-state index in [2.05, 4.69) is 5.32 Å². The Balaban J connectivity index is 1.83. The van der Waals surface area contributed by atoms with Crippen LogP contribution >= 0.6 is 11.3 Å². The molecule has 3 rings (SSSR count). The normalized spacial score (nSPS) is 14.1. The molecular formula is C22H27NO4S. The van der Waals surface area contributed by atoms with Gasteiger partial charge in [0.15, 0.2) is 6.10 Å². The van der Waals surface area contributed by atoms with Crippen molar-refractivity contribution in [1.29, 1.82) is 0 Å². The second-order valence-electron chi connectivity index (χ2n) is 6.90. The van der Waals surface area contributed by atoms with Gasteiger partial charge in [-0.3, -0.25) is 4.79 Å². The number of nitrogens with one attached hydrogen (secondary N) is 1. The fourth-order valence-corrected chi connectivity index (χ4v) is 4.71. The monoisotopic (exact) mass is 401 g/mol. The van der Waals surface area contributed by atoms with Crippen LogP contribution in [-0.2, 0) is 22.4 Å². The minimum Gasteiger partial charge on any atom is -0.480 e. The lowest BCUT2D eigenvalue weighted by Gasteiger charge is -2.18. The summed E-state index contributed by atoms with van der Waals surface area (Å²) in [5.41, 5.74) is 2.55. The summed E-state index contributed by atoms with van der Waals surface area (Å²) in [5, 5.41) is 3.54. The van der Waals surface area contributed by atoms with Crippen molar-refractivity contribution in [2.24, 2.45) is 0 Å². The molecule has 0 radical (unpaired) electrons. The van der Waals surface area contributed by atoms with Crippen molar-refractivity contribution in [3.8, 4) is 5.75 Å². The summed E-state index contributed by atoms with van der Waals surface area (Å²) in [6.07, 6.45) is 3.86. The molecule has 1 atom stereocenters. The number of esters is 1. The first-order valence-corrected chi connectivity index (χ1v) is 10.7. The molecule has 0 saturated heterocycles. The molecule has 1 aliphatic carbocycles. The Bertz CT molecular complexity index is 858. The number of hydrogen-bond acceptors (Lipinski definition) is 5. The lowest BCUT2D eigenvalue weighted by Crippen LogP contribution is -2.32. The molecule has 1 aromatic carbocycles. The van der Waals surface area contributed by atoms with E-state index in [4.69, 9.17) is 9.47 Å². The van der Waals surface area contributed by atoms with Crippen LogP contribution in [0.1, 0.15) is 59.5 Å². The molecule has 1 aromatic heterocycles. The molecule has 2 aromatic rings. The summed E-state index contributed by atoms with van der Waals surface area (Å²) >= 11 is 1.49. The topological polar surface area (TPSA) is 64.6 Å². The fraction of sp³-hybridized carbons (Fsp3) is 0.455. The molecule has 1 heterocycles. The zero-order valence-corrected chi connectivity index (χ0v) is 17.5. The molecule has 5 nitrogen and oxygen atoms in total. The summed E-state index contributed by atoms with van der Waals surface area (Å²) in [6, 6.07) is 7.63. The molecule has 1 amide bonds. The van der Waals surface area contributed by atoms with Crippen molar-refractivity contribution < 1.29 is 19.1 Å². The highest BCUT2D eigenvalue weighted by Gasteiger charge is 2.29. The van der Waals surface area contributed by atoms with E-state index in [1.54, 1.807) is 6.92 Å². The van der Waals surface area contributed by atoms with Gasteiger partial charge in [0.25, 0.3) is 5.91 Å². The van der Waals surface area contributed by atoms with Crippen LogP contribution in [0, 0.1) is 6.92 Å². The highest BCUT2D eigenvalue weighted by Crippen LogP contribution is 2.38. The molecule has 0 unspecified atom stereocenters. The minimum atomic E-state index is -0.629. The van der Waals surface area contributed by atoms with Crippen LogP contribution in [0.25, 0.3) is 0 Å². The number of thiophene rings is 1. The Labute approximate surface area is 170 Å². The number of para-hydroxylation sites is 1. The number of benzene rings is 1. The van der Waals surface area contributed by atoms with Gasteiger partial charge in [0.2, 0.25) is 0 Å². The summed E-state index contributed by atoms with van der Waals surface area (Å²) in [5.74, 6) is 0.0977. The largest absolute Gasteiger partial charge is 0.480 e. The van der Waals surface area contributed by atoms with Gasteiger partial charge in [0.1, 0.15) is 10.8 Å². The first-order chi connectivity index (χ1) is 13.5. The van der Waals surface area contributed by atoms with Crippen molar-refractivity contribution in [3.63, 3.8) is 0 Å². The lowest BCUT2D eigenvalue weighted by atomic mass is 9.95. The first kappa shape index (κ1) is 20.4. The Morgan fingerprint density at radius 1 is 1.18 bits per heavy atom. The van der Waals surface area contributed by atoms with Crippen LogP contribution in [-0.4, -0.2) is 24.6 Å². The van der Waals surface area contributed by atoms with Crippen LogP contribution < -0.4 is 10.1 Å². The summed E-state index contributed by atoms with van der Waals surface area (Å²) in [4.78, 5) is 26.7. The van der Waals surface area contributed by atoms with Gasteiger partial charge in [-0.25, -0.2) is 4.79 Å². The van der Waals surface area contributed by atoms with Gasteiger partial charge in [-0.15, -0.1) is 11.3 Å². The number of hydrogen-bond donors (Lipinski definition) is 1. The van der Waals surface area contributed by atoms with Gasteiger partial charge in [0.05, 0.1) is 12.2 Å². The molecule has 0 fully saturated rings. The quantitative estimate of drug-likeness (QED) is 0.670. The number of amides is 1. The number of carbonyl (C=O) groups is 2. The van der Waals surface area contributed by atoms with Gasteiger partial charge >= 0.3 is 5.97 Å². The van der Waals surface area contributed by atoms with E-state index in [-0.39, 0.29) is 11.9 Å². The molecule has 1 aliphatic rings. The number of rotatable bonds is 7. The molecule has 0 spiro atoms. The fourth-order valence-electron chi connectivity index (χ4n) is 3.43. The molecule has 0 aliphatic heterocycles. The average Bonchev–Trinajstić information content (AvgIpc) is 3.05. The van der Waals surface area contributed by atoms with Gasteiger partial charge in [0, 0.05) is 4.88 Å². The zero-order chi connectivity index (χ0) is 20.1. The van der Waals surface area contributed by atoms with E-state index < -0.39 is 6.10 Å². The van der Waals surface area contributed by atoms with Crippen molar-refractivity contribution in [2.45, 2.75) is 59.0 Å². The van der Waals surface area contributed by atoms with Crippen LogP contribution in [0.5, 0.6) is 5.75 Å². The van der Waals surface area contributed by atoms with Crippen LogP contribution in [0.15, 0.2) is 24.3 Å². The molecule has 0 bridgehead atoms. The van der Waals surface area contributed by atoms with E-state index in [1.165, 1.54) is 16.2 Å². The average molecular weight is 402 g/mol. The second kappa shape index (κ2) is 9.24. The van der Waals surface area contributed by atoms with E-state index in [0.29, 0.717) is 29.3 Å². The molecular weight excluding hydrogens is 374 g/mol. The highest BCUT2D eigenvalue weighted by atomic mass is 32.1. The van der Waals surface area contributed by atoms with E-state index in [9.17, 15) is 9.59 Å². The highest BCUT2D eigenvalue weighted by molar-refractivity contribution is 7.17. The summed E-state index contributed by atoms with van der Waals surface area (Å²) < 4.78 is 11.2. The number of carbonyl (C=O) groups excluding carboxylic acids is 2. The molecule has 150 valence electrons. The zero-order valence-electron chi connectivity index (χ0n) is 16.7. The second-order valence-corrected chi connectivity index (χ2v) is 8.01. The maximum Gasteiger partial charge on any atom is 0.341 e. The van der Waals surface area contributed by atoms with Crippen LogP contribution in [0.4, 0.5) is 5.00 Å². The minimum absolute atomic E-state index is 0.241. The maximum atomic E-state index is 12.9. The van der Waals surface area contributed by atoms with Gasteiger partial charge in [-0.05, 0) is 63.1 Å². The molecule has 1 N–H and O–H groups in total. The molecule has 28 heavy (non-hydrogen) atoms. The van der Waals surface area contributed by atoms with E-state index in [1.807, 2.05) is 38.1 Å². The third kappa shape index (κ3) is 4.38. The number of ether oxygens (including phenoxy) is 2. The number of fused-ring (bicyclic) bond motifs is 1. The molecule has 0 saturated carbocycles. The number of aryl methyl sites for hydroxylation is 2. The third-order valence-electron chi connectivity index (χ3n) is 4.91. The third-order valence-corrected chi connectivity index (χ3v) is 6.12. The van der Waals surface area contributed by atoms with E-state index in [0.717, 1.165) is 36.8 Å². The first-order valence-electron chi connectivity index (χ1n) is 9.89. The van der Waals surface area contributed by atoms with E-state index >= 15 is 0 Å². The SMILES string of the molecule is CCOC(=O)c1c(NC(=O)[C@H](CC)Oc2ccccc2C)sc2c1CCCC2. The van der Waals surface area contributed by atoms with Crippen LogP contribution in [0.3, 0.4) is 0 Å². The van der Waals surface area contributed by atoms with Crippen LogP contribution in [0.2, 0.25) is 0 Å². The predicted molar refractivity (Wildman–Crippen MR) is 111 cm³/mol. The summed E-state index contributed by atoms with van der Waals surface area (Å²) in [7, 11) is 0. The smallest absolute Gasteiger partial charge is 0.341 e. The Morgan fingerprint density at radius 2 is 1.93 bits per heavy atom. The van der Waals surface area contributed by atoms with Gasteiger partial charge in [-0.1, -0.05) is 25.1 Å². The van der Waals surface area contributed by atoms with Gasteiger partial charge in [-0.2, -0.15) is 0 Å². The standard InChI is InChI=1S/C22H27NO4S/c1-4-16(27-17-12-8-6-10-14(17)3)20(24)23-21-19(22(25)26-5-2)15-11-7-9-13-18(15)28-21/h6,8,10,12,16H,4-5,7,9,11,13H2,1-3H3,(H,23,24)/t16-/m0/s1. The van der Waals surface area contributed by atoms with Crippen molar-refractivity contribution in [2.75, 3.05) is 11.9 Å². The Hall–Kier alpha value is -2.34. The maximum absolute atomic E-state index is 12.9. The lowest BCUT2D eigenvalue weighted by molar-refractivity contribution is -0.122. The summed E-state index contributed by atoms with van der Waals surface area (Å²) in [6.45, 7) is 5.96. The number of anilines is 1. The van der Waals surface area contributed by atoms with Crippen molar-refractivity contribution in [3.05, 3.63) is 45.8 Å². The predicted octanol–water partition coefficient (Wildman–Crippen LogP) is 4.91. The van der Waals surface area contributed by atoms with Crippen molar-refractivity contribution >= 4 is 28.2 Å². The van der Waals surface area contributed by atoms with Crippen molar-refractivity contribution in [1.82, 2.24) is 0 Å². The molecule has 6 heteroatoms.